The molecule has 0 aliphatic heterocycles. The zero-order valence-electron chi connectivity index (χ0n) is 9.12. The van der Waals surface area contributed by atoms with E-state index in [1.165, 1.54) is 30.7 Å². The fourth-order valence-corrected chi connectivity index (χ4v) is 1.34. The molecule has 0 aliphatic rings. The molecule has 0 heterocycles. The molecule has 0 spiro atoms. The van der Waals surface area contributed by atoms with Crippen LogP contribution in [0.4, 0.5) is 0 Å². The maximum atomic E-state index is 4.94. The summed E-state index contributed by atoms with van der Waals surface area (Å²) in [6, 6.07) is 0. The molecule has 0 unspecified atom stereocenters. The van der Waals surface area contributed by atoms with Gasteiger partial charge in [0.15, 0.2) is 0 Å². The van der Waals surface area contributed by atoms with Crippen LogP contribution in [0.5, 0.6) is 0 Å². The molecule has 0 saturated carbocycles. The van der Waals surface area contributed by atoms with Crippen LogP contribution in [-0.2, 0) is 9.01 Å². The van der Waals surface area contributed by atoms with Crippen LogP contribution < -0.4 is 0 Å². The van der Waals surface area contributed by atoms with Crippen LogP contribution in [0.1, 0.15) is 27.7 Å². The monoisotopic (exact) mass is 329 g/mol. The average molecular weight is 331 g/mol. The Bertz CT molecular complexity index is 110. The second-order valence-corrected chi connectivity index (χ2v) is 13.2. The number of quaternary nitrogens is 1. The van der Waals surface area contributed by atoms with Crippen LogP contribution in [-0.4, -0.2) is 30.7 Å². The quantitative estimate of drug-likeness (QED) is 0.659. The van der Waals surface area contributed by atoms with E-state index in [-0.39, 0.29) is 0 Å². The van der Waals surface area contributed by atoms with Gasteiger partial charge in [-0.1, -0.05) is 0 Å². The summed E-state index contributed by atoms with van der Waals surface area (Å²) in [6.07, 6.45) is 0. The molecule has 0 aromatic heterocycles. The van der Waals surface area contributed by atoms with Crippen molar-refractivity contribution < 1.29 is 13.5 Å². The van der Waals surface area contributed by atoms with Crippen molar-refractivity contribution in [2.75, 3.05) is 26.2 Å². The van der Waals surface area contributed by atoms with Crippen molar-refractivity contribution >= 4 is 40.6 Å². The van der Waals surface area contributed by atoms with Crippen LogP contribution >= 0.6 is 40.6 Å². The van der Waals surface area contributed by atoms with Crippen molar-refractivity contribution in [3.05, 3.63) is 0 Å². The molecule has 0 fully saturated rings. The normalized spacial score (nSPS) is 13.1. The summed E-state index contributed by atoms with van der Waals surface area (Å²) in [5.74, 6) is 0. The van der Waals surface area contributed by atoms with Gasteiger partial charge in [0.05, 0.1) is 26.2 Å². The summed E-state index contributed by atoms with van der Waals surface area (Å²) in [7, 11) is 17.3. The molecule has 6 heteroatoms. The molecule has 0 rings (SSSR count). The summed E-state index contributed by atoms with van der Waals surface area (Å²) < 4.78 is 1.28. The fraction of sp³-hybridized carbons (Fsp3) is 1.00. The first kappa shape index (κ1) is 18.0. The van der Waals surface area contributed by atoms with Crippen LogP contribution in [0.15, 0.2) is 0 Å². The molecule has 0 atom stereocenters. The summed E-state index contributed by atoms with van der Waals surface area (Å²) in [5, 5.41) is 0. The molecular formula is C8H20Cl4CoN. The summed E-state index contributed by atoms with van der Waals surface area (Å²) in [4.78, 5) is 0. The molecule has 14 heavy (non-hydrogen) atoms. The maximum absolute atomic E-state index is 4.94. The van der Waals surface area contributed by atoms with E-state index < -0.39 is 9.01 Å². The van der Waals surface area contributed by atoms with Crippen LogP contribution in [0.3, 0.4) is 0 Å². The molecule has 0 aliphatic carbocycles. The van der Waals surface area contributed by atoms with Gasteiger partial charge in [-0.3, -0.25) is 0 Å². The Morgan fingerprint density at radius 1 is 0.714 bits per heavy atom. The third-order valence-corrected chi connectivity index (χ3v) is 2.68. The van der Waals surface area contributed by atoms with Crippen molar-refractivity contribution in [2.45, 2.75) is 27.7 Å². The molecule has 0 radical (unpaired) electrons. The Hall–Kier alpha value is 1.63. The first-order chi connectivity index (χ1) is 6.24. The molecule has 0 aromatic rings. The van der Waals surface area contributed by atoms with Crippen molar-refractivity contribution in [1.29, 1.82) is 0 Å². The molecule has 0 amide bonds. The van der Waals surface area contributed by atoms with Gasteiger partial charge in [-0.2, -0.15) is 0 Å². The molecule has 0 N–H and O–H groups in total. The fourth-order valence-electron chi connectivity index (χ4n) is 1.34. The summed E-state index contributed by atoms with van der Waals surface area (Å²) in [5.41, 5.74) is 0. The molecule has 94 valence electrons. The Morgan fingerprint density at radius 2 is 0.857 bits per heavy atom. The van der Waals surface area contributed by atoms with Gasteiger partial charge in [0, 0.05) is 0 Å². The zero-order chi connectivity index (χ0) is 11.8. The number of nitrogens with zero attached hydrogens (tertiary/aromatic N) is 1. The van der Waals surface area contributed by atoms with Gasteiger partial charge in [0.25, 0.3) is 0 Å². The third-order valence-electron chi connectivity index (χ3n) is 2.68. The number of rotatable bonds is 4. The Morgan fingerprint density at radius 3 is 0.857 bits per heavy atom. The summed E-state index contributed by atoms with van der Waals surface area (Å²) >= 11 is 0. The van der Waals surface area contributed by atoms with Gasteiger partial charge in [0.2, 0.25) is 0 Å². The van der Waals surface area contributed by atoms with E-state index in [9.17, 15) is 0 Å². The topological polar surface area (TPSA) is 0 Å². The SMILES string of the molecule is CC[N+](CC)(CC)CC.[Cl][Co-]([Cl])([Cl])[Cl]. The minimum atomic E-state index is -2.49. The second-order valence-electron chi connectivity index (χ2n) is 2.89. The first-order valence-corrected chi connectivity index (χ1v) is 10.3. The van der Waals surface area contributed by atoms with Gasteiger partial charge in [0.1, 0.15) is 0 Å². The zero-order valence-corrected chi connectivity index (χ0v) is 13.2. The van der Waals surface area contributed by atoms with Gasteiger partial charge < -0.3 is 4.48 Å². The molecule has 0 bridgehead atoms. The van der Waals surface area contributed by atoms with E-state index in [1.807, 2.05) is 0 Å². The van der Waals surface area contributed by atoms with Crippen LogP contribution in [0.2, 0.25) is 0 Å². The van der Waals surface area contributed by atoms with Crippen molar-refractivity contribution in [1.82, 2.24) is 0 Å². The predicted molar refractivity (Wildman–Crippen MR) is 65.8 cm³/mol. The van der Waals surface area contributed by atoms with Gasteiger partial charge in [-0.25, -0.2) is 0 Å². The Kier molecular flexibility index (Phi) is 11.2. The number of halogens is 4. The second kappa shape index (κ2) is 8.74. The predicted octanol–water partition coefficient (Wildman–Crippen LogP) is 4.64. The summed E-state index contributed by atoms with van der Waals surface area (Å²) in [6.45, 7) is 14.2. The number of hydrogen-bond donors (Lipinski definition) is 0. The van der Waals surface area contributed by atoms with E-state index >= 15 is 0 Å². The van der Waals surface area contributed by atoms with Crippen LogP contribution in [0.25, 0.3) is 0 Å². The third kappa shape index (κ3) is 11.7. The van der Waals surface area contributed by atoms with Gasteiger partial charge >= 0.3 is 49.6 Å². The van der Waals surface area contributed by atoms with E-state index in [2.05, 4.69) is 27.7 Å². The Balaban J connectivity index is 0. The van der Waals surface area contributed by atoms with E-state index in [0.29, 0.717) is 0 Å². The molecule has 1 nitrogen and oxygen atoms in total. The van der Waals surface area contributed by atoms with Gasteiger partial charge in [-0.05, 0) is 27.7 Å². The van der Waals surface area contributed by atoms with Crippen molar-refractivity contribution in [2.24, 2.45) is 0 Å². The molecule has 0 aromatic carbocycles. The van der Waals surface area contributed by atoms with Crippen molar-refractivity contribution in [3.63, 3.8) is 0 Å². The van der Waals surface area contributed by atoms with Crippen molar-refractivity contribution in [3.8, 4) is 0 Å². The number of hydrogen-bond acceptors (Lipinski definition) is 0. The molecule has 0 saturated heterocycles. The minimum absolute atomic E-state index is 1.28. The van der Waals surface area contributed by atoms with E-state index in [0.717, 1.165) is 0 Å². The Labute approximate surface area is 107 Å². The van der Waals surface area contributed by atoms with Gasteiger partial charge in [-0.15, -0.1) is 0 Å². The van der Waals surface area contributed by atoms with Crippen LogP contribution in [0, 0.1) is 0 Å². The average Bonchev–Trinajstić information content (AvgIpc) is 2.07. The molecular weight excluding hydrogens is 311 g/mol. The van der Waals surface area contributed by atoms with E-state index in [1.54, 1.807) is 0 Å². The standard InChI is InChI=1S/C8H20N.4ClH.Co/c1-5-9(6-2,7-3)8-4;;;;;/h5-8H2,1-4H3;4*1H;/q+1;;;;;+3/p-4. The first-order valence-electron chi connectivity index (χ1n) is 4.60. The van der Waals surface area contributed by atoms with E-state index in [4.69, 9.17) is 40.6 Å².